The molecule has 0 N–H and O–H groups in total. The molecule has 12 heavy (non-hydrogen) atoms. The van der Waals surface area contributed by atoms with E-state index in [0.29, 0.717) is 0 Å². The zero-order chi connectivity index (χ0) is 7.97. The second-order valence-corrected chi connectivity index (χ2v) is 3.51. The van der Waals surface area contributed by atoms with Gasteiger partial charge in [-0.2, -0.15) is 0 Å². The van der Waals surface area contributed by atoms with E-state index in [1.54, 1.807) is 0 Å². The van der Waals surface area contributed by atoms with E-state index in [0.717, 1.165) is 12.8 Å². The first-order chi connectivity index (χ1) is 5.93. The fourth-order valence-electron chi connectivity index (χ4n) is 2.09. The third-order valence-electron chi connectivity index (χ3n) is 2.78. The molecule has 0 nitrogen and oxygen atoms in total. The van der Waals surface area contributed by atoms with E-state index in [1.807, 2.05) is 0 Å². The van der Waals surface area contributed by atoms with Crippen molar-refractivity contribution in [1.82, 2.24) is 0 Å². The Morgan fingerprint density at radius 3 is 1.67 bits per heavy atom. The van der Waals surface area contributed by atoms with Gasteiger partial charge in [0.2, 0.25) is 0 Å². The van der Waals surface area contributed by atoms with Crippen molar-refractivity contribution in [2.24, 2.45) is 0 Å². The lowest BCUT2D eigenvalue weighted by Crippen LogP contribution is -1.98. The van der Waals surface area contributed by atoms with Crippen LogP contribution < -0.4 is 0 Å². The van der Waals surface area contributed by atoms with Crippen molar-refractivity contribution < 1.29 is 0 Å². The second-order valence-electron chi connectivity index (χ2n) is 3.51. The largest absolute Gasteiger partial charge is 0.0761 e. The van der Waals surface area contributed by atoms with Gasteiger partial charge in [0.15, 0.2) is 0 Å². The third kappa shape index (κ3) is 0.781. The molecule has 0 unspecified atom stereocenters. The Kier molecular flexibility index (Phi) is 1.20. The molecule has 0 aromatic carbocycles. The van der Waals surface area contributed by atoms with Crippen LogP contribution in [0.3, 0.4) is 0 Å². The predicted octanol–water partition coefficient (Wildman–Crippen LogP) is 2.92. The molecule has 3 aliphatic rings. The van der Waals surface area contributed by atoms with E-state index < -0.39 is 0 Å². The smallest absolute Gasteiger partial charge is 0.00899 e. The van der Waals surface area contributed by atoms with Crippen LogP contribution in [0.25, 0.3) is 0 Å². The maximum Gasteiger partial charge on any atom is 0.00899 e. The fraction of sp³-hybridized carbons (Fsp3) is 0.167. The monoisotopic (exact) mass is 154 g/mol. The molecule has 58 valence electrons. The van der Waals surface area contributed by atoms with Crippen LogP contribution in [-0.2, 0) is 0 Å². The van der Waals surface area contributed by atoms with Crippen LogP contribution in [0, 0.1) is 12.8 Å². The molecule has 0 heterocycles. The van der Waals surface area contributed by atoms with Crippen LogP contribution >= 0.6 is 0 Å². The average molecular weight is 154 g/mol. The molecule has 0 spiro atoms. The van der Waals surface area contributed by atoms with Gasteiger partial charge in [-0.15, -0.1) is 0 Å². The van der Waals surface area contributed by atoms with Gasteiger partial charge in [-0.1, -0.05) is 35.5 Å². The van der Waals surface area contributed by atoms with E-state index in [9.17, 15) is 0 Å². The van der Waals surface area contributed by atoms with Crippen molar-refractivity contribution in [2.75, 3.05) is 0 Å². The molecule has 2 radical (unpaired) electrons. The summed E-state index contributed by atoms with van der Waals surface area (Å²) in [5, 5.41) is 0. The molecular formula is C12H10. The highest BCUT2D eigenvalue weighted by molar-refractivity contribution is 5.57. The summed E-state index contributed by atoms with van der Waals surface area (Å²) in [6, 6.07) is 0. The van der Waals surface area contributed by atoms with Crippen LogP contribution in [-0.4, -0.2) is 0 Å². The average Bonchev–Trinajstić information content (AvgIpc) is 2.64. The summed E-state index contributed by atoms with van der Waals surface area (Å²) in [7, 11) is 0. The summed E-state index contributed by atoms with van der Waals surface area (Å²) in [5.41, 5.74) is 6.09. The molecule has 0 aromatic heterocycles. The number of rotatable bonds is 0. The summed E-state index contributed by atoms with van der Waals surface area (Å²) >= 11 is 0. The minimum Gasteiger partial charge on any atom is -0.0761 e. The van der Waals surface area contributed by atoms with Gasteiger partial charge < -0.3 is 0 Å². The van der Waals surface area contributed by atoms with Crippen LogP contribution in [0.1, 0.15) is 12.8 Å². The Hall–Kier alpha value is -1.04. The zero-order valence-electron chi connectivity index (χ0n) is 6.88. The molecule has 0 bridgehead atoms. The van der Waals surface area contributed by atoms with E-state index in [2.05, 4.69) is 37.1 Å². The quantitative estimate of drug-likeness (QED) is 0.503. The Morgan fingerprint density at radius 1 is 0.667 bits per heavy atom. The molecule has 0 atom stereocenters. The number of hydrogen-bond acceptors (Lipinski definition) is 0. The molecule has 0 amide bonds. The van der Waals surface area contributed by atoms with Gasteiger partial charge in [0.25, 0.3) is 0 Å². The van der Waals surface area contributed by atoms with Crippen molar-refractivity contribution in [1.29, 1.82) is 0 Å². The molecule has 0 saturated carbocycles. The summed E-state index contributed by atoms with van der Waals surface area (Å²) in [4.78, 5) is 0. The minimum atomic E-state index is 1.14. The van der Waals surface area contributed by atoms with Crippen LogP contribution in [0.5, 0.6) is 0 Å². The predicted molar refractivity (Wildman–Crippen MR) is 50.2 cm³/mol. The molecule has 3 rings (SSSR count). The summed E-state index contributed by atoms with van der Waals surface area (Å²) in [6.45, 7) is 0. The number of allylic oxidation sites excluding steroid dienone is 8. The Labute approximate surface area is 73.0 Å². The maximum atomic E-state index is 2.24. The molecule has 0 aromatic rings. The zero-order valence-corrected chi connectivity index (χ0v) is 6.88. The van der Waals surface area contributed by atoms with Gasteiger partial charge >= 0.3 is 0 Å². The molecule has 3 aliphatic carbocycles. The molecular weight excluding hydrogens is 144 g/mol. The van der Waals surface area contributed by atoms with Crippen molar-refractivity contribution >= 4 is 0 Å². The van der Waals surface area contributed by atoms with Crippen LogP contribution in [0.15, 0.2) is 46.6 Å². The highest BCUT2D eigenvalue weighted by Gasteiger charge is 2.21. The lowest BCUT2D eigenvalue weighted by atomic mass is 9.89. The van der Waals surface area contributed by atoms with Crippen LogP contribution in [0.4, 0.5) is 0 Å². The fourth-order valence-corrected chi connectivity index (χ4v) is 2.09. The molecule has 0 fully saturated rings. The van der Waals surface area contributed by atoms with Crippen molar-refractivity contribution in [3.05, 3.63) is 59.4 Å². The third-order valence-corrected chi connectivity index (χ3v) is 2.78. The Balaban J connectivity index is 1.96. The van der Waals surface area contributed by atoms with Gasteiger partial charge in [0, 0.05) is 12.8 Å². The van der Waals surface area contributed by atoms with E-state index in [4.69, 9.17) is 0 Å². The first-order valence-electron chi connectivity index (χ1n) is 4.40. The van der Waals surface area contributed by atoms with Gasteiger partial charge in [-0.3, -0.25) is 0 Å². The lowest BCUT2D eigenvalue weighted by molar-refractivity contribution is 1.02. The van der Waals surface area contributed by atoms with E-state index in [1.165, 1.54) is 22.3 Å². The van der Waals surface area contributed by atoms with E-state index >= 15 is 0 Å². The highest BCUT2D eigenvalue weighted by atomic mass is 14.3. The number of hydrogen-bond donors (Lipinski definition) is 0. The summed E-state index contributed by atoms with van der Waals surface area (Å²) in [6.07, 6.45) is 15.6. The van der Waals surface area contributed by atoms with Gasteiger partial charge in [0.05, 0.1) is 0 Å². The normalized spacial score (nSPS) is 25.3. The first kappa shape index (κ1) is 6.47. The van der Waals surface area contributed by atoms with E-state index in [-0.39, 0.29) is 0 Å². The Morgan fingerprint density at radius 2 is 1.17 bits per heavy atom. The minimum absolute atomic E-state index is 1.14. The van der Waals surface area contributed by atoms with Crippen molar-refractivity contribution in [2.45, 2.75) is 12.8 Å². The van der Waals surface area contributed by atoms with Gasteiger partial charge in [0.1, 0.15) is 0 Å². The molecule has 0 aliphatic heterocycles. The first-order valence-corrected chi connectivity index (χ1v) is 4.40. The standard InChI is InChI=1S/C12H10/c1-3-9-7-11-5-2-6-12(11)8-10(9)4-1/h1-6H,7-8H2. The summed E-state index contributed by atoms with van der Waals surface area (Å²) in [5.74, 6) is 0. The molecule has 0 heteroatoms. The lowest BCUT2D eigenvalue weighted by Gasteiger charge is -2.16. The maximum absolute atomic E-state index is 2.24. The SMILES string of the molecule is [CH]1C=CC2=C1CC1=C([CH]C=C1)C2. The second kappa shape index (κ2) is 2.22. The van der Waals surface area contributed by atoms with Crippen LogP contribution in [0.2, 0.25) is 0 Å². The molecule has 0 saturated heterocycles. The topological polar surface area (TPSA) is 0 Å². The van der Waals surface area contributed by atoms with Crippen molar-refractivity contribution in [3.8, 4) is 0 Å². The summed E-state index contributed by atoms with van der Waals surface area (Å²) < 4.78 is 0. The van der Waals surface area contributed by atoms with Gasteiger partial charge in [-0.05, 0) is 24.0 Å². The Bertz CT molecular complexity index is 312. The highest BCUT2D eigenvalue weighted by Crippen LogP contribution is 2.39. The van der Waals surface area contributed by atoms with Crippen molar-refractivity contribution in [3.63, 3.8) is 0 Å². The van der Waals surface area contributed by atoms with Gasteiger partial charge in [-0.25, -0.2) is 0 Å².